The predicted octanol–water partition coefficient (Wildman–Crippen LogP) is 2.29. The second-order valence-corrected chi connectivity index (χ2v) is 4.08. The van der Waals surface area contributed by atoms with Gasteiger partial charge in [-0.05, 0) is 32.9 Å². The maximum atomic E-state index is 4.88. The smallest absolute Gasteiger partial charge is 0.0640 e. The van der Waals surface area contributed by atoms with E-state index in [0.717, 1.165) is 5.92 Å². The summed E-state index contributed by atoms with van der Waals surface area (Å²) in [5.41, 5.74) is 1.81. The van der Waals surface area contributed by atoms with E-state index in [1.807, 2.05) is 19.6 Å². The molecule has 1 aliphatic rings. The predicted molar refractivity (Wildman–Crippen MR) is 67.8 cm³/mol. The standard InChI is InChI=1S/C9H17NS.C2H7N/c1-2-3-9-4-6-10(8-11)7-5-9;1-3-2/h8-9H,2-7H2,1H3;3H,1-2H3. The molecule has 14 heavy (non-hydrogen) atoms. The van der Waals surface area contributed by atoms with E-state index in [4.69, 9.17) is 12.2 Å². The number of piperidine rings is 1. The summed E-state index contributed by atoms with van der Waals surface area (Å²) in [6, 6.07) is 0. The van der Waals surface area contributed by atoms with Crippen molar-refractivity contribution in [3.8, 4) is 0 Å². The van der Waals surface area contributed by atoms with Crippen molar-refractivity contribution in [2.45, 2.75) is 32.6 Å². The summed E-state index contributed by atoms with van der Waals surface area (Å²) >= 11 is 4.88. The maximum absolute atomic E-state index is 4.88. The number of nitrogens with one attached hydrogen (secondary N) is 1. The molecule has 0 aromatic rings. The molecule has 1 fully saturated rings. The quantitative estimate of drug-likeness (QED) is 0.729. The van der Waals surface area contributed by atoms with E-state index in [2.05, 4.69) is 17.1 Å². The molecule has 0 spiro atoms. The van der Waals surface area contributed by atoms with E-state index in [1.165, 1.54) is 38.8 Å². The molecule has 0 aliphatic carbocycles. The van der Waals surface area contributed by atoms with Crippen LogP contribution in [0.1, 0.15) is 32.6 Å². The first-order valence-corrected chi connectivity index (χ1v) is 6.03. The average Bonchev–Trinajstić information content (AvgIpc) is 2.21. The molecule has 1 rings (SSSR count). The zero-order valence-corrected chi connectivity index (χ0v) is 10.6. The first kappa shape index (κ1) is 13.8. The van der Waals surface area contributed by atoms with Crippen LogP contribution >= 0.6 is 12.2 Å². The van der Waals surface area contributed by atoms with Crippen molar-refractivity contribution < 1.29 is 0 Å². The summed E-state index contributed by atoms with van der Waals surface area (Å²) < 4.78 is 0. The molecule has 0 aromatic heterocycles. The Balaban J connectivity index is 0.000000500. The maximum Gasteiger partial charge on any atom is 0.0640 e. The van der Waals surface area contributed by atoms with Crippen molar-refractivity contribution in [1.82, 2.24) is 10.2 Å². The van der Waals surface area contributed by atoms with E-state index in [1.54, 1.807) is 0 Å². The van der Waals surface area contributed by atoms with E-state index in [0.29, 0.717) is 0 Å². The molecule has 3 heteroatoms. The highest BCUT2D eigenvalue weighted by Crippen LogP contribution is 2.20. The molecule has 2 nitrogen and oxygen atoms in total. The molecule has 1 heterocycles. The van der Waals surface area contributed by atoms with E-state index in [-0.39, 0.29) is 0 Å². The van der Waals surface area contributed by atoms with Crippen LogP contribution in [0.3, 0.4) is 0 Å². The third-order valence-corrected chi connectivity index (χ3v) is 2.79. The summed E-state index contributed by atoms with van der Waals surface area (Å²) in [7, 11) is 3.75. The molecule has 1 aliphatic heterocycles. The van der Waals surface area contributed by atoms with Gasteiger partial charge in [0.15, 0.2) is 0 Å². The highest BCUT2D eigenvalue weighted by atomic mass is 32.1. The van der Waals surface area contributed by atoms with Gasteiger partial charge in [0.25, 0.3) is 0 Å². The largest absolute Gasteiger partial charge is 0.369 e. The van der Waals surface area contributed by atoms with Crippen molar-refractivity contribution in [3.05, 3.63) is 0 Å². The highest BCUT2D eigenvalue weighted by Gasteiger charge is 2.15. The number of thiocarbonyl (C=S) groups is 1. The zero-order chi connectivity index (χ0) is 10.8. The Labute approximate surface area is 94.1 Å². The monoisotopic (exact) mass is 216 g/mol. The van der Waals surface area contributed by atoms with Crippen molar-refractivity contribution in [3.63, 3.8) is 0 Å². The van der Waals surface area contributed by atoms with Crippen molar-refractivity contribution in [2.75, 3.05) is 27.2 Å². The Morgan fingerprint density at radius 2 is 1.86 bits per heavy atom. The minimum atomic E-state index is 0.978. The molecular formula is C11H24N2S. The Morgan fingerprint density at radius 3 is 2.21 bits per heavy atom. The first-order valence-electron chi connectivity index (χ1n) is 5.56. The lowest BCUT2D eigenvalue weighted by Gasteiger charge is -2.29. The third-order valence-electron chi connectivity index (χ3n) is 2.50. The van der Waals surface area contributed by atoms with Crippen LogP contribution in [-0.2, 0) is 0 Å². The van der Waals surface area contributed by atoms with Gasteiger partial charge in [-0.1, -0.05) is 32.0 Å². The molecule has 0 bridgehead atoms. The lowest BCUT2D eigenvalue weighted by Crippen LogP contribution is -2.31. The van der Waals surface area contributed by atoms with Gasteiger partial charge in [0.1, 0.15) is 0 Å². The van der Waals surface area contributed by atoms with Gasteiger partial charge in [0, 0.05) is 13.1 Å². The fourth-order valence-corrected chi connectivity index (χ4v) is 1.97. The van der Waals surface area contributed by atoms with Crippen LogP contribution in [0.4, 0.5) is 0 Å². The summed E-state index contributed by atoms with van der Waals surface area (Å²) in [6.07, 6.45) is 5.44. The van der Waals surface area contributed by atoms with E-state index in [9.17, 15) is 0 Å². The fourth-order valence-electron chi connectivity index (χ4n) is 1.76. The molecule has 0 saturated carbocycles. The van der Waals surface area contributed by atoms with Crippen LogP contribution in [0.15, 0.2) is 0 Å². The molecule has 0 aromatic carbocycles. The van der Waals surface area contributed by atoms with Gasteiger partial charge in [-0.15, -0.1) is 0 Å². The normalized spacial score (nSPS) is 17.2. The number of nitrogens with zero attached hydrogens (tertiary/aromatic N) is 1. The Hall–Kier alpha value is -0.150. The topological polar surface area (TPSA) is 15.3 Å². The second kappa shape index (κ2) is 9.41. The van der Waals surface area contributed by atoms with Crippen LogP contribution in [0, 0.1) is 5.92 Å². The van der Waals surface area contributed by atoms with Crippen molar-refractivity contribution >= 4 is 17.7 Å². The first-order chi connectivity index (χ1) is 6.78. The average molecular weight is 216 g/mol. The third kappa shape index (κ3) is 6.33. The molecule has 0 amide bonds. The van der Waals surface area contributed by atoms with Crippen molar-refractivity contribution in [2.24, 2.45) is 5.92 Å². The number of hydrogen-bond donors (Lipinski definition) is 1. The van der Waals surface area contributed by atoms with Gasteiger partial charge in [0.05, 0.1) is 5.49 Å². The molecule has 0 atom stereocenters. The van der Waals surface area contributed by atoms with E-state index < -0.39 is 0 Å². The molecule has 1 N–H and O–H groups in total. The van der Waals surface area contributed by atoms with Gasteiger partial charge in [-0.25, -0.2) is 0 Å². The molecular weight excluding hydrogens is 192 g/mol. The zero-order valence-electron chi connectivity index (χ0n) is 9.75. The molecule has 0 radical (unpaired) electrons. The number of rotatable bonds is 3. The number of likely N-dealkylation sites (tertiary alicyclic amines) is 1. The van der Waals surface area contributed by atoms with Gasteiger partial charge >= 0.3 is 0 Å². The Bertz CT molecular complexity index is 131. The summed E-state index contributed by atoms with van der Waals surface area (Å²) in [5, 5.41) is 2.75. The Morgan fingerprint density at radius 1 is 1.36 bits per heavy atom. The fraction of sp³-hybridized carbons (Fsp3) is 0.909. The summed E-state index contributed by atoms with van der Waals surface area (Å²) in [6.45, 7) is 4.65. The van der Waals surface area contributed by atoms with Crippen LogP contribution in [0.2, 0.25) is 0 Å². The molecule has 0 unspecified atom stereocenters. The Kier molecular flexibility index (Phi) is 9.31. The van der Waals surface area contributed by atoms with Crippen molar-refractivity contribution in [1.29, 1.82) is 0 Å². The van der Waals surface area contributed by atoms with E-state index >= 15 is 0 Å². The van der Waals surface area contributed by atoms with Crippen LogP contribution in [0.25, 0.3) is 0 Å². The van der Waals surface area contributed by atoms with Crippen LogP contribution in [0.5, 0.6) is 0 Å². The second-order valence-electron chi connectivity index (χ2n) is 3.87. The van der Waals surface area contributed by atoms with Gasteiger partial charge in [-0.3, -0.25) is 0 Å². The van der Waals surface area contributed by atoms with Crippen LogP contribution < -0.4 is 5.32 Å². The molecule has 1 saturated heterocycles. The van der Waals surface area contributed by atoms with Gasteiger partial charge < -0.3 is 10.2 Å². The lowest BCUT2D eigenvalue weighted by atomic mass is 9.93. The van der Waals surface area contributed by atoms with Gasteiger partial charge in [-0.2, -0.15) is 0 Å². The SMILES string of the molecule is CCCC1CCN(C=S)CC1.CNC. The highest BCUT2D eigenvalue weighted by molar-refractivity contribution is 7.78. The minimum Gasteiger partial charge on any atom is -0.369 e. The summed E-state index contributed by atoms with van der Waals surface area (Å²) in [4.78, 5) is 2.25. The van der Waals surface area contributed by atoms with Gasteiger partial charge in [0.2, 0.25) is 0 Å². The minimum absolute atomic E-state index is 0.978. The summed E-state index contributed by atoms with van der Waals surface area (Å²) in [5.74, 6) is 0.978. The van der Waals surface area contributed by atoms with Crippen LogP contribution in [-0.4, -0.2) is 37.6 Å². The number of hydrogen-bond acceptors (Lipinski definition) is 2. The lowest BCUT2D eigenvalue weighted by molar-refractivity contribution is 0.262. The molecule has 84 valence electrons.